The highest BCUT2D eigenvalue weighted by atomic mass is 16.6. The Balaban J connectivity index is 2.97. The fourth-order valence-corrected chi connectivity index (χ4v) is 2.36. The molecule has 1 aromatic rings. The molecular weight excluding hydrogens is 240 g/mol. The van der Waals surface area contributed by atoms with Crippen LogP contribution < -0.4 is 5.73 Å². The average Bonchev–Trinajstić information content (AvgIpc) is 2.38. The minimum atomic E-state index is -0.324. The fraction of sp³-hybridized carbons (Fsp3) is 0.600. The van der Waals surface area contributed by atoms with Crippen LogP contribution in [0.5, 0.6) is 0 Å². The van der Waals surface area contributed by atoms with Gasteiger partial charge in [-0.05, 0) is 31.7 Å². The number of nitro groups is 1. The topological polar surface area (TPSA) is 69.2 Å². The van der Waals surface area contributed by atoms with Crippen LogP contribution in [0.2, 0.25) is 0 Å². The van der Waals surface area contributed by atoms with E-state index in [0.29, 0.717) is 6.42 Å². The molecule has 0 bridgehead atoms. The summed E-state index contributed by atoms with van der Waals surface area (Å²) >= 11 is 0. The van der Waals surface area contributed by atoms with E-state index in [4.69, 9.17) is 5.73 Å². The molecule has 1 rings (SSSR count). The molecule has 0 aliphatic rings. The maximum atomic E-state index is 11.0. The molecule has 0 heterocycles. The molecule has 0 aromatic heterocycles. The molecule has 0 radical (unpaired) electrons. The Morgan fingerprint density at radius 2 is 2.05 bits per heavy atom. The molecule has 19 heavy (non-hydrogen) atoms. The summed E-state index contributed by atoms with van der Waals surface area (Å²) in [6.07, 6.45) is 4.76. The highest BCUT2D eigenvalue weighted by Gasteiger charge is 2.25. The summed E-state index contributed by atoms with van der Waals surface area (Å²) in [5.74, 6) is 0. The van der Waals surface area contributed by atoms with E-state index in [-0.39, 0.29) is 16.1 Å². The summed E-state index contributed by atoms with van der Waals surface area (Å²) in [6.45, 7) is 6.04. The summed E-state index contributed by atoms with van der Waals surface area (Å²) in [5.41, 5.74) is 8.11. The minimum Gasteiger partial charge on any atom is -0.325 e. The van der Waals surface area contributed by atoms with Gasteiger partial charge in [-0.1, -0.05) is 38.8 Å². The maximum absolute atomic E-state index is 11.0. The molecule has 0 aliphatic carbocycles. The largest absolute Gasteiger partial charge is 0.325 e. The van der Waals surface area contributed by atoms with Crippen molar-refractivity contribution in [3.8, 4) is 0 Å². The van der Waals surface area contributed by atoms with Crippen molar-refractivity contribution < 1.29 is 4.92 Å². The first kappa shape index (κ1) is 15.6. The molecule has 4 heteroatoms. The third-order valence-electron chi connectivity index (χ3n) is 3.89. The van der Waals surface area contributed by atoms with Crippen molar-refractivity contribution in [2.24, 2.45) is 5.73 Å². The van der Waals surface area contributed by atoms with Gasteiger partial charge in [0.1, 0.15) is 0 Å². The predicted octanol–water partition coefficient (Wildman–Crippen LogP) is 3.74. The third-order valence-corrected chi connectivity index (χ3v) is 3.89. The minimum absolute atomic E-state index is 0.187. The van der Waals surface area contributed by atoms with Gasteiger partial charge in [-0.15, -0.1) is 0 Å². The van der Waals surface area contributed by atoms with Crippen molar-refractivity contribution in [3.05, 3.63) is 39.4 Å². The van der Waals surface area contributed by atoms with Crippen molar-refractivity contribution in [3.63, 3.8) is 0 Å². The van der Waals surface area contributed by atoms with E-state index < -0.39 is 0 Å². The fourth-order valence-electron chi connectivity index (χ4n) is 2.36. The zero-order valence-electron chi connectivity index (χ0n) is 12.1. The zero-order chi connectivity index (χ0) is 14.5. The normalized spacial score (nSPS) is 14.1. The molecule has 1 atom stereocenters. The first-order chi connectivity index (χ1) is 8.93. The Morgan fingerprint density at radius 3 is 2.58 bits per heavy atom. The van der Waals surface area contributed by atoms with Crippen LogP contribution >= 0.6 is 0 Å². The van der Waals surface area contributed by atoms with Gasteiger partial charge in [-0.3, -0.25) is 10.1 Å². The van der Waals surface area contributed by atoms with Crippen molar-refractivity contribution in [1.82, 2.24) is 0 Å². The molecule has 0 spiro atoms. The lowest BCUT2D eigenvalue weighted by Crippen LogP contribution is -2.41. The van der Waals surface area contributed by atoms with Crippen LogP contribution in [0.1, 0.15) is 50.7 Å². The van der Waals surface area contributed by atoms with E-state index in [1.54, 1.807) is 12.1 Å². The van der Waals surface area contributed by atoms with Crippen LogP contribution in [0.15, 0.2) is 18.2 Å². The number of rotatable bonds is 7. The van der Waals surface area contributed by atoms with Gasteiger partial charge in [0.25, 0.3) is 5.69 Å². The maximum Gasteiger partial charge on any atom is 0.272 e. The highest BCUT2D eigenvalue weighted by molar-refractivity contribution is 5.45. The molecule has 1 unspecified atom stereocenters. The van der Waals surface area contributed by atoms with Crippen LogP contribution in [0.3, 0.4) is 0 Å². The van der Waals surface area contributed by atoms with Crippen LogP contribution in [0.4, 0.5) is 5.69 Å². The van der Waals surface area contributed by atoms with E-state index in [2.05, 4.69) is 13.8 Å². The molecule has 1 aromatic carbocycles. The molecule has 2 N–H and O–H groups in total. The number of unbranched alkanes of at least 4 members (excludes halogenated alkanes) is 1. The molecule has 0 saturated heterocycles. The molecular formula is C15H24N2O2. The molecule has 0 saturated carbocycles. The summed E-state index contributed by atoms with van der Waals surface area (Å²) in [7, 11) is 0. The second kappa shape index (κ2) is 6.66. The second-order valence-electron chi connectivity index (χ2n) is 5.31. The highest BCUT2D eigenvalue weighted by Crippen LogP contribution is 2.27. The van der Waals surface area contributed by atoms with E-state index >= 15 is 0 Å². The molecule has 0 aliphatic heterocycles. The van der Waals surface area contributed by atoms with Crippen LogP contribution in [0, 0.1) is 17.0 Å². The lowest BCUT2D eigenvalue weighted by atomic mass is 9.83. The smallest absolute Gasteiger partial charge is 0.272 e. The van der Waals surface area contributed by atoms with Gasteiger partial charge in [-0.25, -0.2) is 0 Å². The molecule has 0 amide bonds. The van der Waals surface area contributed by atoms with E-state index in [9.17, 15) is 10.1 Å². The number of nitro benzene ring substituents is 1. The van der Waals surface area contributed by atoms with Gasteiger partial charge in [0.15, 0.2) is 0 Å². The van der Waals surface area contributed by atoms with Crippen molar-refractivity contribution in [2.45, 2.75) is 58.4 Å². The lowest BCUT2D eigenvalue weighted by Gasteiger charge is -2.29. The standard InChI is InChI=1S/C15H24N2O2/c1-4-6-10-15(16,5-2)11-13-8-7-9-14(12(13)3)17(18)19/h7-9H,4-6,10-11,16H2,1-3H3. The van der Waals surface area contributed by atoms with Gasteiger partial charge < -0.3 is 5.73 Å². The first-order valence-electron chi connectivity index (χ1n) is 6.95. The van der Waals surface area contributed by atoms with Crippen molar-refractivity contribution in [2.75, 3.05) is 0 Å². The SMILES string of the molecule is CCCCC(N)(CC)Cc1cccc([N+](=O)[O-])c1C. The van der Waals surface area contributed by atoms with Gasteiger partial charge in [0.05, 0.1) is 4.92 Å². The quantitative estimate of drug-likeness (QED) is 0.602. The van der Waals surface area contributed by atoms with Crippen molar-refractivity contribution >= 4 is 5.69 Å². The Kier molecular flexibility index (Phi) is 5.48. The monoisotopic (exact) mass is 264 g/mol. The zero-order valence-corrected chi connectivity index (χ0v) is 12.1. The Hall–Kier alpha value is -1.42. The Bertz CT molecular complexity index is 446. The van der Waals surface area contributed by atoms with Gasteiger partial charge >= 0.3 is 0 Å². The number of nitrogens with two attached hydrogens (primary N) is 1. The molecule has 4 nitrogen and oxygen atoms in total. The van der Waals surface area contributed by atoms with Gasteiger partial charge in [-0.2, -0.15) is 0 Å². The second-order valence-corrected chi connectivity index (χ2v) is 5.31. The molecule has 106 valence electrons. The summed E-state index contributed by atoms with van der Waals surface area (Å²) < 4.78 is 0. The van der Waals surface area contributed by atoms with E-state index in [0.717, 1.165) is 36.8 Å². The van der Waals surface area contributed by atoms with Crippen LogP contribution in [0.25, 0.3) is 0 Å². The van der Waals surface area contributed by atoms with Crippen LogP contribution in [-0.2, 0) is 6.42 Å². The Morgan fingerprint density at radius 1 is 1.37 bits per heavy atom. The first-order valence-corrected chi connectivity index (χ1v) is 6.95. The van der Waals surface area contributed by atoms with Gasteiger partial charge in [0.2, 0.25) is 0 Å². The van der Waals surface area contributed by atoms with Gasteiger partial charge in [0, 0.05) is 17.2 Å². The summed E-state index contributed by atoms with van der Waals surface area (Å²) in [4.78, 5) is 10.6. The van der Waals surface area contributed by atoms with E-state index in [1.807, 2.05) is 13.0 Å². The van der Waals surface area contributed by atoms with Crippen molar-refractivity contribution in [1.29, 1.82) is 0 Å². The van der Waals surface area contributed by atoms with Crippen LogP contribution in [-0.4, -0.2) is 10.5 Å². The average molecular weight is 264 g/mol. The summed E-state index contributed by atoms with van der Waals surface area (Å²) in [6, 6.07) is 5.25. The van der Waals surface area contributed by atoms with E-state index in [1.165, 1.54) is 0 Å². The third kappa shape index (κ3) is 4.03. The lowest BCUT2D eigenvalue weighted by molar-refractivity contribution is -0.385. The Labute approximate surface area is 115 Å². The number of benzene rings is 1. The summed E-state index contributed by atoms with van der Waals surface area (Å²) in [5, 5.41) is 11.0. The number of hydrogen-bond donors (Lipinski definition) is 1. The molecule has 0 fully saturated rings. The number of hydrogen-bond acceptors (Lipinski definition) is 3. The predicted molar refractivity (Wildman–Crippen MR) is 78.3 cm³/mol. The number of nitrogens with zero attached hydrogens (tertiary/aromatic N) is 1.